The van der Waals surface area contributed by atoms with Crippen LogP contribution in [0.5, 0.6) is 0 Å². The summed E-state index contributed by atoms with van der Waals surface area (Å²) in [6, 6.07) is 5.65. The molecule has 1 aromatic carbocycles. The fourth-order valence-electron chi connectivity index (χ4n) is 2.58. The smallest absolute Gasteiger partial charge is 0.307 e. The number of H-pyrrole nitrogens is 1. The Kier molecular flexibility index (Phi) is 3.67. The zero-order chi connectivity index (χ0) is 14.9. The highest BCUT2D eigenvalue weighted by Gasteiger charge is 2.33. The Morgan fingerprint density at radius 3 is 2.76 bits per heavy atom. The van der Waals surface area contributed by atoms with E-state index in [0.717, 1.165) is 25.5 Å². The number of rotatable bonds is 3. The molecule has 1 saturated heterocycles. The minimum atomic E-state index is -4.35. The van der Waals surface area contributed by atoms with Crippen LogP contribution in [0.25, 0.3) is 0 Å². The molecule has 7 heteroatoms. The van der Waals surface area contributed by atoms with Gasteiger partial charge in [0.25, 0.3) is 0 Å². The van der Waals surface area contributed by atoms with E-state index in [2.05, 4.69) is 20.5 Å². The average Bonchev–Trinajstić information content (AvgIpc) is 3.08. The first-order valence-corrected chi connectivity index (χ1v) is 6.83. The lowest BCUT2D eigenvalue weighted by molar-refractivity contribution is -0.138. The van der Waals surface area contributed by atoms with Gasteiger partial charge in [-0.1, -0.05) is 18.2 Å². The van der Waals surface area contributed by atoms with Crippen LogP contribution in [0.1, 0.15) is 41.7 Å². The largest absolute Gasteiger partial charge is 0.416 e. The number of nitrogens with one attached hydrogen (secondary N) is 2. The first-order valence-electron chi connectivity index (χ1n) is 6.83. The monoisotopic (exact) mass is 296 g/mol. The summed E-state index contributed by atoms with van der Waals surface area (Å²) >= 11 is 0. The summed E-state index contributed by atoms with van der Waals surface area (Å²) in [5.41, 5.74) is -0.422. The topological polar surface area (TPSA) is 53.6 Å². The van der Waals surface area contributed by atoms with Gasteiger partial charge in [-0.25, -0.2) is 4.98 Å². The molecule has 2 N–H and O–H groups in total. The molecule has 0 radical (unpaired) electrons. The summed E-state index contributed by atoms with van der Waals surface area (Å²) in [6.07, 6.45) is -2.25. The van der Waals surface area contributed by atoms with Crippen LogP contribution < -0.4 is 5.32 Å². The highest BCUT2D eigenvalue weighted by molar-refractivity contribution is 5.31. The Bertz CT molecular complexity index is 615. The molecule has 4 nitrogen and oxygen atoms in total. The van der Waals surface area contributed by atoms with E-state index in [1.807, 2.05) is 0 Å². The average molecular weight is 296 g/mol. The SMILES string of the molecule is FC(F)(F)c1ccccc1Cc1nc(C2CCCN2)n[nH]1. The molecule has 0 amide bonds. The predicted molar refractivity (Wildman–Crippen MR) is 70.6 cm³/mol. The molecule has 1 aromatic heterocycles. The lowest BCUT2D eigenvalue weighted by Crippen LogP contribution is -2.14. The third-order valence-corrected chi connectivity index (χ3v) is 3.60. The zero-order valence-corrected chi connectivity index (χ0v) is 11.2. The Balaban J connectivity index is 1.81. The second-order valence-corrected chi connectivity index (χ2v) is 5.12. The Hall–Kier alpha value is -1.89. The standard InChI is InChI=1S/C14H15F3N4/c15-14(16,17)10-5-2-1-4-9(10)8-12-19-13(21-20-12)11-6-3-7-18-11/h1-2,4-5,11,18H,3,6-8H2,(H,19,20,21). The molecule has 0 spiro atoms. The Morgan fingerprint density at radius 1 is 1.24 bits per heavy atom. The van der Waals surface area contributed by atoms with Gasteiger partial charge in [0.2, 0.25) is 0 Å². The quantitative estimate of drug-likeness (QED) is 0.915. The number of nitrogens with zero attached hydrogens (tertiary/aromatic N) is 2. The molecule has 1 aliphatic heterocycles. The fraction of sp³-hybridized carbons (Fsp3) is 0.429. The summed E-state index contributed by atoms with van der Waals surface area (Å²) in [5.74, 6) is 1.09. The van der Waals surface area contributed by atoms with Crippen molar-refractivity contribution in [2.45, 2.75) is 31.5 Å². The van der Waals surface area contributed by atoms with E-state index in [9.17, 15) is 13.2 Å². The van der Waals surface area contributed by atoms with Crippen LogP contribution >= 0.6 is 0 Å². The molecule has 1 unspecified atom stereocenters. The number of hydrogen-bond donors (Lipinski definition) is 2. The molecule has 2 heterocycles. The van der Waals surface area contributed by atoms with E-state index in [1.165, 1.54) is 12.1 Å². The zero-order valence-electron chi connectivity index (χ0n) is 11.2. The van der Waals surface area contributed by atoms with Gasteiger partial charge in [0.15, 0.2) is 5.82 Å². The molecular weight excluding hydrogens is 281 g/mol. The number of alkyl halides is 3. The maximum absolute atomic E-state index is 12.9. The molecular formula is C14H15F3N4. The third kappa shape index (κ3) is 3.07. The predicted octanol–water partition coefficient (Wildman–Crippen LogP) is 2.84. The van der Waals surface area contributed by atoms with Crippen LogP contribution in [-0.2, 0) is 12.6 Å². The molecule has 3 rings (SSSR count). The highest BCUT2D eigenvalue weighted by atomic mass is 19.4. The third-order valence-electron chi connectivity index (χ3n) is 3.60. The molecule has 0 saturated carbocycles. The highest BCUT2D eigenvalue weighted by Crippen LogP contribution is 2.32. The first kappa shape index (κ1) is 14.1. The van der Waals surface area contributed by atoms with E-state index < -0.39 is 11.7 Å². The minimum Gasteiger partial charge on any atom is -0.307 e. The molecule has 0 bridgehead atoms. The number of aromatic nitrogens is 3. The summed E-state index contributed by atoms with van der Waals surface area (Å²) in [6.45, 7) is 0.922. The second-order valence-electron chi connectivity index (χ2n) is 5.12. The van der Waals surface area contributed by atoms with Crippen molar-refractivity contribution in [3.63, 3.8) is 0 Å². The van der Waals surface area contributed by atoms with Crippen molar-refractivity contribution in [2.24, 2.45) is 0 Å². The van der Waals surface area contributed by atoms with Crippen molar-refractivity contribution in [2.75, 3.05) is 6.54 Å². The number of aromatic amines is 1. The van der Waals surface area contributed by atoms with E-state index in [-0.39, 0.29) is 18.0 Å². The van der Waals surface area contributed by atoms with Gasteiger partial charge in [-0.3, -0.25) is 5.10 Å². The van der Waals surface area contributed by atoms with E-state index >= 15 is 0 Å². The lowest BCUT2D eigenvalue weighted by Gasteiger charge is -2.11. The molecule has 1 aliphatic rings. The van der Waals surface area contributed by atoms with Crippen LogP contribution in [0.4, 0.5) is 13.2 Å². The summed E-state index contributed by atoms with van der Waals surface area (Å²) in [4.78, 5) is 4.31. The van der Waals surface area contributed by atoms with E-state index in [4.69, 9.17) is 0 Å². The van der Waals surface area contributed by atoms with Crippen molar-refractivity contribution >= 4 is 0 Å². The molecule has 0 aliphatic carbocycles. The second kappa shape index (κ2) is 5.48. The van der Waals surface area contributed by atoms with Crippen LogP contribution in [0.3, 0.4) is 0 Å². The molecule has 2 aromatic rings. The van der Waals surface area contributed by atoms with Crippen molar-refractivity contribution in [1.29, 1.82) is 0 Å². The maximum Gasteiger partial charge on any atom is 0.416 e. The van der Waals surface area contributed by atoms with E-state index in [1.54, 1.807) is 6.07 Å². The van der Waals surface area contributed by atoms with Gasteiger partial charge in [-0.05, 0) is 31.0 Å². The lowest BCUT2D eigenvalue weighted by atomic mass is 10.0. The number of hydrogen-bond acceptors (Lipinski definition) is 3. The van der Waals surface area contributed by atoms with Gasteiger partial charge in [0.05, 0.1) is 11.6 Å². The fourth-order valence-corrected chi connectivity index (χ4v) is 2.58. The van der Waals surface area contributed by atoms with Gasteiger partial charge in [-0.2, -0.15) is 18.3 Å². The van der Waals surface area contributed by atoms with Crippen molar-refractivity contribution in [3.8, 4) is 0 Å². The van der Waals surface area contributed by atoms with Gasteiger partial charge in [0, 0.05) is 6.42 Å². The molecule has 112 valence electrons. The van der Waals surface area contributed by atoms with Gasteiger partial charge in [0.1, 0.15) is 5.82 Å². The van der Waals surface area contributed by atoms with Crippen LogP contribution in [-0.4, -0.2) is 21.7 Å². The molecule has 21 heavy (non-hydrogen) atoms. The van der Waals surface area contributed by atoms with Crippen molar-refractivity contribution in [3.05, 3.63) is 47.0 Å². The first-order chi connectivity index (χ1) is 10.0. The van der Waals surface area contributed by atoms with Gasteiger partial charge < -0.3 is 5.32 Å². The van der Waals surface area contributed by atoms with Crippen LogP contribution in [0.15, 0.2) is 24.3 Å². The van der Waals surface area contributed by atoms with Crippen molar-refractivity contribution < 1.29 is 13.2 Å². The summed E-state index contributed by atoms with van der Waals surface area (Å²) < 4.78 is 38.8. The van der Waals surface area contributed by atoms with Crippen LogP contribution in [0.2, 0.25) is 0 Å². The molecule has 1 atom stereocenters. The minimum absolute atomic E-state index is 0.0927. The molecule has 1 fully saturated rings. The summed E-state index contributed by atoms with van der Waals surface area (Å²) in [7, 11) is 0. The maximum atomic E-state index is 12.9. The number of benzene rings is 1. The van der Waals surface area contributed by atoms with E-state index in [0.29, 0.717) is 11.6 Å². The van der Waals surface area contributed by atoms with Gasteiger partial charge >= 0.3 is 6.18 Å². The Morgan fingerprint density at radius 2 is 2.05 bits per heavy atom. The Labute approximate surface area is 119 Å². The van der Waals surface area contributed by atoms with Crippen LogP contribution in [0, 0.1) is 0 Å². The van der Waals surface area contributed by atoms with Crippen molar-refractivity contribution in [1.82, 2.24) is 20.5 Å². The summed E-state index contributed by atoms with van der Waals surface area (Å²) in [5, 5.41) is 10.1. The van der Waals surface area contributed by atoms with Gasteiger partial charge in [-0.15, -0.1) is 0 Å². The normalized spacial score (nSPS) is 19.1. The number of halogens is 3.